The second-order valence-corrected chi connectivity index (χ2v) is 7.08. The van der Waals surface area contributed by atoms with Crippen LogP contribution in [0.2, 0.25) is 5.02 Å². The van der Waals surface area contributed by atoms with Crippen LogP contribution in [-0.2, 0) is 9.59 Å². The summed E-state index contributed by atoms with van der Waals surface area (Å²) < 4.78 is 0. The Morgan fingerprint density at radius 2 is 1.43 bits per heavy atom. The molecule has 0 radical (unpaired) electrons. The normalized spacial score (nSPS) is 42.2. The number of imide groups is 1. The molecule has 0 N–H and O–H groups in total. The van der Waals surface area contributed by atoms with Crippen molar-refractivity contribution >= 4 is 29.1 Å². The van der Waals surface area contributed by atoms with Crippen molar-refractivity contribution in [3.8, 4) is 0 Å². The van der Waals surface area contributed by atoms with Crippen LogP contribution in [0.1, 0.15) is 6.42 Å². The monoisotopic (exact) mass is 299 g/mol. The van der Waals surface area contributed by atoms with Crippen LogP contribution in [0, 0.1) is 35.5 Å². The van der Waals surface area contributed by atoms with Gasteiger partial charge < -0.3 is 0 Å². The first-order valence-electron chi connectivity index (χ1n) is 7.48. The van der Waals surface area contributed by atoms with Crippen molar-refractivity contribution in [1.29, 1.82) is 0 Å². The molecule has 4 aliphatic carbocycles. The van der Waals surface area contributed by atoms with Crippen molar-refractivity contribution in [2.24, 2.45) is 35.5 Å². The van der Waals surface area contributed by atoms with Crippen LogP contribution >= 0.6 is 11.6 Å². The molecular weight excluding hydrogens is 286 g/mol. The summed E-state index contributed by atoms with van der Waals surface area (Å²) in [5.74, 6) is 1.54. The van der Waals surface area contributed by atoms with E-state index in [0.717, 1.165) is 0 Å². The van der Waals surface area contributed by atoms with E-state index in [2.05, 4.69) is 12.2 Å². The third-order valence-corrected chi connectivity index (χ3v) is 6.00. The first-order chi connectivity index (χ1) is 10.2. The van der Waals surface area contributed by atoms with Gasteiger partial charge in [0.15, 0.2) is 0 Å². The first-order valence-corrected chi connectivity index (χ1v) is 7.86. The van der Waals surface area contributed by atoms with Crippen LogP contribution in [0.15, 0.2) is 36.4 Å². The number of allylic oxidation sites excluding steroid dienone is 2. The molecule has 1 saturated heterocycles. The lowest BCUT2D eigenvalue weighted by Gasteiger charge is -2.37. The summed E-state index contributed by atoms with van der Waals surface area (Å²) >= 11 is 5.90. The molecule has 1 aromatic carbocycles. The quantitative estimate of drug-likeness (QED) is 0.591. The summed E-state index contributed by atoms with van der Waals surface area (Å²) in [5.41, 5.74) is 0.650. The van der Waals surface area contributed by atoms with Crippen molar-refractivity contribution < 1.29 is 9.59 Å². The highest BCUT2D eigenvalue weighted by atomic mass is 35.5. The molecule has 0 aromatic heterocycles. The summed E-state index contributed by atoms with van der Waals surface area (Å²) in [6.07, 6.45) is 5.57. The minimum atomic E-state index is -0.132. The zero-order chi connectivity index (χ0) is 14.3. The van der Waals surface area contributed by atoms with Gasteiger partial charge in [0.1, 0.15) is 0 Å². The standard InChI is InChI=1S/C17H14ClNO2/c18-8-1-3-9(4-2-8)19-16(20)14-10-5-6-11(13-7-12(10)13)15(14)17(19)21/h1-6,10-15H,7H2/t10-,11-,12-,13+,14-,15+/m1/s1. The predicted molar refractivity (Wildman–Crippen MR) is 78.6 cm³/mol. The third-order valence-electron chi connectivity index (χ3n) is 5.75. The van der Waals surface area contributed by atoms with Gasteiger partial charge in [-0.1, -0.05) is 23.8 Å². The fourth-order valence-corrected chi connectivity index (χ4v) is 4.93. The van der Waals surface area contributed by atoms with Gasteiger partial charge in [-0.2, -0.15) is 0 Å². The van der Waals surface area contributed by atoms with Gasteiger partial charge in [0, 0.05) is 5.02 Å². The number of amides is 2. The Balaban J connectivity index is 1.58. The van der Waals surface area contributed by atoms with E-state index < -0.39 is 0 Å². The molecule has 1 aromatic rings. The van der Waals surface area contributed by atoms with E-state index in [-0.39, 0.29) is 35.5 Å². The summed E-state index contributed by atoms with van der Waals surface area (Å²) in [4.78, 5) is 27.0. The largest absolute Gasteiger partial charge is 0.274 e. The minimum Gasteiger partial charge on any atom is -0.274 e. The Labute approximate surface area is 127 Å². The Morgan fingerprint density at radius 3 is 1.95 bits per heavy atom. The number of nitrogens with zero attached hydrogens (tertiary/aromatic N) is 1. The maximum atomic E-state index is 12.8. The molecule has 1 heterocycles. The second-order valence-electron chi connectivity index (χ2n) is 6.64. The first kappa shape index (κ1) is 12.0. The van der Waals surface area contributed by atoms with E-state index >= 15 is 0 Å². The van der Waals surface area contributed by atoms with E-state index in [0.29, 0.717) is 22.5 Å². The zero-order valence-corrected chi connectivity index (χ0v) is 12.0. The summed E-state index contributed by atoms with van der Waals surface area (Å²) in [5, 5.41) is 0.609. The van der Waals surface area contributed by atoms with Gasteiger partial charge in [0.05, 0.1) is 17.5 Å². The molecule has 3 fully saturated rings. The van der Waals surface area contributed by atoms with Gasteiger partial charge in [0.25, 0.3) is 0 Å². The van der Waals surface area contributed by atoms with Gasteiger partial charge in [-0.05, 0) is 54.4 Å². The van der Waals surface area contributed by atoms with Crippen LogP contribution in [0.3, 0.4) is 0 Å². The average Bonchev–Trinajstić information content (AvgIpc) is 3.26. The highest BCUT2D eigenvalue weighted by molar-refractivity contribution is 6.30. The van der Waals surface area contributed by atoms with Crippen molar-refractivity contribution in [2.75, 3.05) is 4.90 Å². The molecule has 2 bridgehead atoms. The average molecular weight is 300 g/mol. The van der Waals surface area contributed by atoms with Gasteiger partial charge >= 0.3 is 0 Å². The van der Waals surface area contributed by atoms with Crippen LogP contribution in [0.4, 0.5) is 5.69 Å². The van der Waals surface area contributed by atoms with Crippen LogP contribution in [0.5, 0.6) is 0 Å². The number of rotatable bonds is 1. The molecule has 3 nitrogen and oxygen atoms in total. The highest BCUT2D eigenvalue weighted by Crippen LogP contribution is 2.65. The fraction of sp³-hybridized carbons (Fsp3) is 0.412. The summed E-state index contributed by atoms with van der Waals surface area (Å²) in [6, 6.07) is 6.96. The zero-order valence-electron chi connectivity index (χ0n) is 11.3. The smallest absolute Gasteiger partial charge is 0.238 e. The van der Waals surface area contributed by atoms with Crippen molar-refractivity contribution in [1.82, 2.24) is 0 Å². The van der Waals surface area contributed by atoms with Gasteiger partial charge in [-0.25, -0.2) is 0 Å². The Morgan fingerprint density at radius 1 is 0.905 bits per heavy atom. The van der Waals surface area contributed by atoms with E-state index in [1.54, 1.807) is 24.3 Å². The van der Waals surface area contributed by atoms with Crippen LogP contribution in [0.25, 0.3) is 0 Å². The van der Waals surface area contributed by atoms with Crippen LogP contribution in [-0.4, -0.2) is 11.8 Å². The molecule has 4 heteroatoms. The van der Waals surface area contributed by atoms with Gasteiger partial charge in [-0.15, -0.1) is 0 Å². The summed E-state index contributed by atoms with van der Waals surface area (Å²) in [6.45, 7) is 0. The number of hydrogen-bond donors (Lipinski definition) is 0. The number of carbonyl (C=O) groups excluding carboxylic acids is 2. The third kappa shape index (κ3) is 1.40. The lowest BCUT2D eigenvalue weighted by Crippen LogP contribution is -2.40. The van der Waals surface area contributed by atoms with E-state index in [1.165, 1.54) is 11.3 Å². The van der Waals surface area contributed by atoms with E-state index in [4.69, 9.17) is 11.6 Å². The lowest BCUT2D eigenvalue weighted by atomic mass is 9.63. The predicted octanol–water partition coefficient (Wildman–Crippen LogP) is 2.90. The van der Waals surface area contributed by atoms with Crippen molar-refractivity contribution in [3.05, 3.63) is 41.4 Å². The number of benzene rings is 1. The highest BCUT2D eigenvalue weighted by Gasteiger charge is 2.67. The molecule has 0 unspecified atom stereocenters. The molecular formula is C17H14ClNO2. The second kappa shape index (κ2) is 3.77. The molecule has 2 amide bonds. The maximum Gasteiger partial charge on any atom is 0.238 e. The van der Waals surface area contributed by atoms with E-state index in [1.807, 2.05) is 0 Å². The molecule has 1 aliphatic heterocycles. The maximum absolute atomic E-state index is 12.8. The molecule has 106 valence electrons. The number of hydrogen-bond acceptors (Lipinski definition) is 2. The van der Waals surface area contributed by atoms with Crippen molar-refractivity contribution in [3.63, 3.8) is 0 Å². The molecule has 21 heavy (non-hydrogen) atoms. The Kier molecular flexibility index (Phi) is 2.15. The van der Waals surface area contributed by atoms with Gasteiger partial charge in [-0.3, -0.25) is 14.5 Å². The molecule has 6 atom stereocenters. The lowest BCUT2D eigenvalue weighted by molar-refractivity contribution is -0.124. The SMILES string of the molecule is O=C1[C@@H]2[C@@H]3C=C[C@H]([C@@H]4C[C@H]34)[C@@H]2C(=O)N1c1ccc(Cl)cc1. The van der Waals surface area contributed by atoms with Gasteiger partial charge in [0.2, 0.25) is 11.8 Å². The molecule has 5 aliphatic rings. The fourth-order valence-electron chi connectivity index (χ4n) is 4.80. The Bertz CT molecular complexity index is 659. The molecule has 6 rings (SSSR count). The Hall–Kier alpha value is -1.61. The number of carbonyl (C=O) groups is 2. The number of anilines is 1. The number of halogens is 1. The van der Waals surface area contributed by atoms with Crippen molar-refractivity contribution in [2.45, 2.75) is 6.42 Å². The molecule has 0 spiro atoms. The van der Waals surface area contributed by atoms with E-state index in [9.17, 15) is 9.59 Å². The topological polar surface area (TPSA) is 37.4 Å². The molecule has 2 saturated carbocycles. The van der Waals surface area contributed by atoms with Crippen LogP contribution < -0.4 is 4.90 Å². The minimum absolute atomic E-state index is 0.0166. The summed E-state index contributed by atoms with van der Waals surface area (Å²) in [7, 11) is 0.